The lowest BCUT2D eigenvalue weighted by atomic mass is 10.2. The Kier molecular flexibility index (Phi) is 4.63. The highest BCUT2D eigenvalue weighted by Crippen LogP contribution is 2.23. The molecule has 0 aliphatic rings. The first-order valence-electron chi connectivity index (χ1n) is 6.41. The zero-order valence-corrected chi connectivity index (χ0v) is 13.9. The van der Waals surface area contributed by atoms with Crippen LogP contribution in [-0.2, 0) is 11.4 Å². The lowest BCUT2D eigenvalue weighted by molar-refractivity contribution is 0.111. The van der Waals surface area contributed by atoms with Crippen molar-refractivity contribution in [2.45, 2.75) is 6.61 Å². The number of halogens is 2. The van der Waals surface area contributed by atoms with Crippen molar-refractivity contribution in [1.82, 2.24) is 10.2 Å². The topological polar surface area (TPSA) is 99.7 Å². The first-order chi connectivity index (χ1) is 11.1. The fourth-order valence-electron chi connectivity index (χ4n) is 1.67. The van der Waals surface area contributed by atoms with Gasteiger partial charge in [0.25, 0.3) is 11.8 Å². The van der Waals surface area contributed by atoms with Crippen LogP contribution in [0.15, 0.2) is 55.1 Å². The first-order valence-corrected chi connectivity index (χ1v) is 7.58. The second-order valence-corrected chi connectivity index (χ2v) is 5.58. The van der Waals surface area contributed by atoms with Crippen LogP contribution in [-0.4, -0.2) is 16.0 Å². The number of nitrogens with two attached hydrogens (primary N) is 1. The van der Waals surface area contributed by atoms with E-state index in [1.165, 1.54) is 0 Å². The van der Waals surface area contributed by atoms with E-state index in [9.17, 15) is 0 Å². The molecule has 7 nitrogen and oxygen atoms in total. The van der Waals surface area contributed by atoms with Gasteiger partial charge in [-0.2, -0.15) is 0 Å². The number of hydrogen-bond acceptors (Lipinski definition) is 6. The van der Waals surface area contributed by atoms with Crippen LogP contribution in [0.5, 0.6) is 0 Å². The standard InChI is InChI=1S/C14H10BrClN4O3/c15-11-6-5-10(22-11)14-19-18-12(23-14)7-21-20-13(17)8-1-3-9(16)4-2-8/h1-6H,7H2,(H2,17,20). The van der Waals surface area contributed by atoms with E-state index in [0.29, 0.717) is 21.0 Å². The molecule has 9 heteroatoms. The number of oxime groups is 1. The first kappa shape index (κ1) is 15.6. The van der Waals surface area contributed by atoms with E-state index in [0.717, 1.165) is 0 Å². The molecular formula is C14H10BrClN4O3. The number of aromatic nitrogens is 2. The zero-order chi connectivity index (χ0) is 16.2. The Morgan fingerprint density at radius 2 is 1.96 bits per heavy atom. The molecule has 0 bridgehead atoms. The van der Waals surface area contributed by atoms with Gasteiger partial charge in [0.05, 0.1) is 0 Å². The molecule has 0 saturated carbocycles. The minimum absolute atomic E-state index is 0.0107. The van der Waals surface area contributed by atoms with Crippen molar-refractivity contribution in [3.05, 3.63) is 57.5 Å². The van der Waals surface area contributed by atoms with Crippen LogP contribution < -0.4 is 5.73 Å². The van der Waals surface area contributed by atoms with Gasteiger partial charge < -0.3 is 19.4 Å². The summed E-state index contributed by atoms with van der Waals surface area (Å²) in [4.78, 5) is 5.11. The lowest BCUT2D eigenvalue weighted by Crippen LogP contribution is -2.13. The second-order valence-electron chi connectivity index (χ2n) is 4.36. The van der Waals surface area contributed by atoms with Gasteiger partial charge in [0.2, 0.25) is 0 Å². The SMILES string of the molecule is N/C(=N/OCc1nnc(-c2ccc(Br)o2)o1)c1ccc(Cl)cc1. The maximum absolute atomic E-state index is 5.80. The van der Waals surface area contributed by atoms with E-state index in [1.54, 1.807) is 36.4 Å². The fraction of sp³-hybridized carbons (Fsp3) is 0.0714. The molecule has 1 aromatic carbocycles. The van der Waals surface area contributed by atoms with E-state index < -0.39 is 0 Å². The summed E-state index contributed by atoms with van der Waals surface area (Å²) in [5.74, 6) is 1.18. The van der Waals surface area contributed by atoms with E-state index in [1.807, 2.05) is 0 Å². The number of amidine groups is 1. The van der Waals surface area contributed by atoms with Crippen molar-refractivity contribution in [3.8, 4) is 11.7 Å². The lowest BCUT2D eigenvalue weighted by Gasteiger charge is -2.00. The Bertz CT molecular complexity index is 829. The Hall–Kier alpha value is -2.32. The number of hydrogen-bond donors (Lipinski definition) is 1. The van der Waals surface area contributed by atoms with E-state index >= 15 is 0 Å². The van der Waals surface area contributed by atoms with Gasteiger partial charge >= 0.3 is 0 Å². The number of benzene rings is 1. The molecule has 0 radical (unpaired) electrons. The van der Waals surface area contributed by atoms with Gasteiger partial charge in [-0.1, -0.05) is 16.8 Å². The molecule has 23 heavy (non-hydrogen) atoms. The van der Waals surface area contributed by atoms with Crippen LogP contribution in [0.25, 0.3) is 11.7 Å². The Labute approximate surface area is 144 Å². The molecule has 0 unspecified atom stereocenters. The summed E-state index contributed by atoms with van der Waals surface area (Å²) < 4.78 is 11.3. The van der Waals surface area contributed by atoms with Gasteiger partial charge in [-0.25, -0.2) is 0 Å². The van der Waals surface area contributed by atoms with E-state index in [2.05, 4.69) is 31.3 Å². The summed E-state index contributed by atoms with van der Waals surface area (Å²) in [6, 6.07) is 10.3. The highest BCUT2D eigenvalue weighted by atomic mass is 79.9. The van der Waals surface area contributed by atoms with Gasteiger partial charge in [0.1, 0.15) is 0 Å². The fourth-order valence-corrected chi connectivity index (χ4v) is 2.10. The third-order valence-corrected chi connectivity index (χ3v) is 3.42. The van der Waals surface area contributed by atoms with Crippen molar-refractivity contribution < 1.29 is 13.7 Å². The molecule has 118 valence electrons. The van der Waals surface area contributed by atoms with Crippen molar-refractivity contribution in [1.29, 1.82) is 0 Å². The van der Waals surface area contributed by atoms with Gasteiger partial charge in [0.15, 0.2) is 22.9 Å². The average molecular weight is 398 g/mol. The second kappa shape index (κ2) is 6.84. The quantitative estimate of drug-likeness (QED) is 0.401. The van der Waals surface area contributed by atoms with Crippen molar-refractivity contribution >= 4 is 33.4 Å². The van der Waals surface area contributed by atoms with Crippen molar-refractivity contribution in [2.75, 3.05) is 0 Å². The average Bonchev–Trinajstić information content (AvgIpc) is 3.17. The van der Waals surface area contributed by atoms with Crippen LogP contribution in [0.1, 0.15) is 11.5 Å². The number of nitrogens with zero attached hydrogens (tertiary/aromatic N) is 3. The zero-order valence-electron chi connectivity index (χ0n) is 11.6. The molecule has 2 heterocycles. The van der Waals surface area contributed by atoms with Crippen LogP contribution in [0.3, 0.4) is 0 Å². The molecule has 3 aromatic rings. The molecular weight excluding hydrogens is 388 g/mol. The normalized spacial score (nSPS) is 11.7. The van der Waals surface area contributed by atoms with Gasteiger partial charge in [-0.15, -0.1) is 10.2 Å². The van der Waals surface area contributed by atoms with Crippen LogP contribution >= 0.6 is 27.5 Å². The largest absolute Gasteiger partial charge is 0.444 e. The molecule has 0 spiro atoms. The highest BCUT2D eigenvalue weighted by Gasteiger charge is 2.12. The molecule has 2 aromatic heterocycles. The highest BCUT2D eigenvalue weighted by molar-refractivity contribution is 9.10. The maximum atomic E-state index is 5.80. The predicted octanol–water partition coefficient (Wildman–Crippen LogP) is 3.58. The molecule has 0 fully saturated rings. The Morgan fingerprint density at radius 3 is 2.65 bits per heavy atom. The monoisotopic (exact) mass is 396 g/mol. The molecule has 0 saturated heterocycles. The minimum Gasteiger partial charge on any atom is -0.444 e. The third kappa shape index (κ3) is 3.91. The number of furan rings is 1. The Balaban J connectivity index is 1.61. The summed E-state index contributed by atoms with van der Waals surface area (Å²) in [7, 11) is 0. The smallest absolute Gasteiger partial charge is 0.283 e. The van der Waals surface area contributed by atoms with Crippen molar-refractivity contribution in [2.24, 2.45) is 10.9 Å². The summed E-state index contributed by atoms with van der Waals surface area (Å²) in [5.41, 5.74) is 6.50. The van der Waals surface area contributed by atoms with Crippen molar-refractivity contribution in [3.63, 3.8) is 0 Å². The van der Waals surface area contributed by atoms with Crippen LogP contribution in [0, 0.1) is 0 Å². The summed E-state index contributed by atoms with van der Waals surface area (Å²) in [6.07, 6.45) is 0. The summed E-state index contributed by atoms with van der Waals surface area (Å²) in [5, 5.41) is 12.1. The predicted molar refractivity (Wildman–Crippen MR) is 86.7 cm³/mol. The van der Waals surface area contributed by atoms with Crippen LogP contribution in [0.2, 0.25) is 5.02 Å². The molecule has 0 aliphatic heterocycles. The van der Waals surface area contributed by atoms with Gasteiger partial charge in [-0.3, -0.25) is 0 Å². The maximum Gasteiger partial charge on any atom is 0.283 e. The molecule has 0 atom stereocenters. The molecule has 0 amide bonds. The minimum atomic E-state index is -0.0107. The van der Waals surface area contributed by atoms with Crippen LogP contribution in [0.4, 0.5) is 0 Å². The molecule has 2 N–H and O–H groups in total. The number of rotatable bonds is 5. The Morgan fingerprint density at radius 1 is 1.17 bits per heavy atom. The van der Waals surface area contributed by atoms with E-state index in [4.69, 9.17) is 31.0 Å². The summed E-state index contributed by atoms with van der Waals surface area (Å²) in [6.45, 7) is -0.0107. The summed E-state index contributed by atoms with van der Waals surface area (Å²) >= 11 is 9.00. The molecule has 0 aliphatic carbocycles. The van der Waals surface area contributed by atoms with Gasteiger partial charge in [0, 0.05) is 10.6 Å². The molecule has 3 rings (SSSR count). The third-order valence-electron chi connectivity index (χ3n) is 2.74. The van der Waals surface area contributed by atoms with E-state index in [-0.39, 0.29) is 24.2 Å². The van der Waals surface area contributed by atoms with Gasteiger partial charge in [-0.05, 0) is 52.3 Å².